The lowest BCUT2D eigenvalue weighted by molar-refractivity contribution is 0.0606. The number of benzene rings is 1. The van der Waals surface area contributed by atoms with Crippen LogP contribution in [-0.4, -0.2) is 22.6 Å². The average molecular weight is 337 g/mol. The summed E-state index contributed by atoms with van der Waals surface area (Å²) in [5, 5.41) is 0.351. The summed E-state index contributed by atoms with van der Waals surface area (Å²) in [6, 6.07) is 8.02. The molecule has 0 fully saturated rings. The summed E-state index contributed by atoms with van der Waals surface area (Å²) in [6.07, 6.45) is 0. The van der Waals surface area contributed by atoms with Crippen LogP contribution >= 0.6 is 22.9 Å². The first-order valence-electron chi connectivity index (χ1n) is 6.15. The molecule has 2 heterocycles. The van der Waals surface area contributed by atoms with Crippen LogP contribution in [0.1, 0.15) is 9.67 Å². The Kier molecular flexibility index (Phi) is 3.59. The van der Waals surface area contributed by atoms with Gasteiger partial charge in [0, 0.05) is 0 Å². The van der Waals surface area contributed by atoms with Crippen molar-refractivity contribution in [3.05, 3.63) is 60.4 Å². The number of aromatic nitrogens is 2. The minimum Gasteiger partial charge on any atom is -0.465 e. The third-order valence-electron chi connectivity index (χ3n) is 3.10. The number of fused-ring (bicyclic) bond motifs is 1. The molecule has 0 aliphatic carbocycles. The quantitative estimate of drug-likeness (QED) is 0.727. The normalized spacial score (nSPS) is 10.8. The second-order valence-corrected chi connectivity index (χ2v) is 6.03. The van der Waals surface area contributed by atoms with Crippen LogP contribution in [0.3, 0.4) is 0 Å². The van der Waals surface area contributed by atoms with Crippen molar-refractivity contribution in [3.63, 3.8) is 0 Å². The molecule has 1 aromatic carbocycles. The molecule has 0 aliphatic rings. The van der Waals surface area contributed by atoms with E-state index in [0.717, 1.165) is 15.9 Å². The zero-order valence-corrected chi connectivity index (χ0v) is 12.8. The summed E-state index contributed by atoms with van der Waals surface area (Å²) in [5.74, 6) is -0.580. The molecule has 0 unspecified atom stereocenters. The standard InChI is InChI=1S/C14H9ClN2O4S/c1-21-13(19)10-6-9(11(15)22-10)17-12(18)7-4-2-3-5-8(7)16-14(17)20/h2-6H,1H3,(H,16,20). The third kappa shape index (κ3) is 2.24. The number of aromatic amines is 1. The maximum atomic E-state index is 12.5. The summed E-state index contributed by atoms with van der Waals surface area (Å²) in [7, 11) is 1.24. The zero-order chi connectivity index (χ0) is 15.9. The smallest absolute Gasteiger partial charge is 0.348 e. The number of para-hydroxylation sites is 1. The Bertz CT molecular complexity index is 1000. The van der Waals surface area contributed by atoms with Crippen molar-refractivity contribution >= 4 is 39.8 Å². The zero-order valence-electron chi connectivity index (χ0n) is 11.3. The minimum absolute atomic E-state index is 0.156. The number of carbonyl (C=O) groups is 1. The van der Waals surface area contributed by atoms with Crippen LogP contribution in [0, 0.1) is 0 Å². The van der Waals surface area contributed by atoms with E-state index in [4.69, 9.17) is 11.6 Å². The van der Waals surface area contributed by atoms with Gasteiger partial charge in [0.15, 0.2) is 0 Å². The van der Waals surface area contributed by atoms with Crippen LogP contribution in [0.15, 0.2) is 39.9 Å². The van der Waals surface area contributed by atoms with E-state index in [1.807, 2.05) is 0 Å². The summed E-state index contributed by atoms with van der Waals surface area (Å²) in [6.45, 7) is 0. The molecule has 0 saturated heterocycles. The first kappa shape index (κ1) is 14.6. The van der Waals surface area contributed by atoms with Crippen molar-refractivity contribution in [2.45, 2.75) is 0 Å². The summed E-state index contributed by atoms with van der Waals surface area (Å²) in [5.41, 5.74) is -0.535. The van der Waals surface area contributed by atoms with Crippen molar-refractivity contribution in [2.75, 3.05) is 7.11 Å². The van der Waals surface area contributed by atoms with Gasteiger partial charge in [-0.15, -0.1) is 11.3 Å². The van der Waals surface area contributed by atoms with Gasteiger partial charge in [0.05, 0.1) is 23.7 Å². The Morgan fingerprint density at radius 1 is 1.32 bits per heavy atom. The predicted molar refractivity (Wildman–Crippen MR) is 84.4 cm³/mol. The summed E-state index contributed by atoms with van der Waals surface area (Å²) < 4.78 is 5.68. The Hall–Kier alpha value is -2.38. The van der Waals surface area contributed by atoms with Crippen molar-refractivity contribution < 1.29 is 9.53 Å². The van der Waals surface area contributed by atoms with Gasteiger partial charge in [0.25, 0.3) is 5.56 Å². The lowest BCUT2D eigenvalue weighted by atomic mass is 10.2. The van der Waals surface area contributed by atoms with Crippen LogP contribution in [-0.2, 0) is 4.74 Å². The molecule has 0 bridgehead atoms. The molecule has 0 aliphatic heterocycles. The maximum absolute atomic E-state index is 12.5. The SMILES string of the molecule is COC(=O)c1cc(-n2c(=O)[nH]c3ccccc3c2=O)c(Cl)s1. The van der Waals surface area contributed by atoms with Crippen LogP contribution in [0.4, 0.5) is 0 Å². The summed E-state index contributed by atoms with van der Waals surface area (Å²) >= 11 is 7.02. The molecule has 0 saturated carbocycles. The van der Waals surface area contributed by atoms with E-state index in [9.17, 15) is 14.4 Å². The van der Waals surface area contributed by atoms with E-state index in [-0.39, 0.29) is 14.9 Å². The largest absolute Gasteiger partial charge is 0.465 e. The van der Waals surface area contributed by atoms with Gasteiger partial charge >= 0.3 is 11.7 Å². The predicted octanol–water partition coefficient (Wildman–Crippen LogP) is 2.18. The van der Waals surface area contributed by atoms with Crippen LogP contribution < -0.4 is 11.2 Å². The highest BCUT2D eigenvalue weighted by Gasteiger charge is 2.18. The molecule has 1 N–H and O–H groups in total. The Morgan fingerprint density at radius 3 is 2.77 bits per heavy atom. The maximum Gasteiger partial charge on any atom is 0.348 e. The van der Waals surface area contributed by atoms with Gasteiger partial charge in [-0.05, 0) is 18.2 Å². The van der Waals surface area contributed by atoms with Crippen molar-refractivity contribution in [3.8, 4) is 5.69 Å². The van der Waals surface area contributed by atoms with Gasteiger partial charge in [-0.3, -0.25) is 4.79 Å². The van der Waals surface area contributed by atoms with E-state index in [1.54, 1.807) is 24.3 Å². The molecule has 0 atom stereocenters. The molecule has 0 radical (unpaired) electrons. The van der Waals surface area contributed by atoms with Crippen LogP contribution in [0.25, 0.3) is 16.6 Å². The van der Waals surface area contributed by atoms with Crippen molar-refractivity contribution in [1.82, 2.24) is 9.55 Å². The number of ether oxygens (including phenoxy) is 1. The molecule has 112 valence electrons. The molecule has 0 spiro atoms. The molecule has 6 nitrogen and oxygen atoms in total. The monoisotopic (exact) mass is 336 g/mol. The number of esters is 1. The first-order valence-corrected chi connectivity index (χ1v) is 7.34. The Balaban J connectivity index is 2.32. The van der Waals surface area contributed by atoms with Crippen LogP contribution in [0.2, 0.25) is 4.34 Å². The van der Waals surface area contributed by atoms with E-state index >= 15 is 0 Å². The van der Waals surface area contributed by atoms with Crippen molar-refractivity contribution in [1.29, 1.82) is 0 Å². The highest BCUT2D eigenvalue weighted by molar-refractivity contribution is 7.18. The topological polar surface area (TPSA) is 81.2 Å². The minimum atomic E-state index is -0.625. The highest BCUT2D eigenvalue weighted by atomic mass is 35.5. The fourth-order valence-electron chi connectivity index (χ4n) is 2.09. The number of hydrogen-bond donors (Lipinski definition) is 1. The van der Waals surface area contributed by atoms with Gasteiger partial charge in [-0.25, -0.2) is 14.2 Å². The molecular formula is C14H9ClN2O4S. The second kappa shape index (κ2) is 5.43. The van der Waals surface area contributed by atoms with Crippen molar-refractivity contribution in [2.24, 2.45) is 0 Å². The average Bonchev–Trinajstić information content (AvgIpc) is 2.88. The van der Waals surface area contributed by atoms with Gasteiger partial charge in [-0.1, -0.05) is 23.7 Å². The Labute approximate surface area is 132 Å². The third-order valence-corrected chi connectivity index (χ3v) is 4.42. The summed E-state index contributed by atoms with van der Waals surface area (Å²) in [4.78, 5) is 39.1. The number of H-pyrrole nitrogens is 1. The second-order valence-electron chi connectivity index (χ2n) is 4.38. The highest BCUT2D eigenvalue weighted by Crippen LogP contribution is 2.30. The number of halogens is 1. The van der Waals surface area contributed by atoms with Gasteiger partial charge < -0.3 is 9.72 Å². The van der Waals surface area contributed by atoms with Crippen LogP contribution in [0.5, 0.6) is 0 Å². The fraction of sp³-hybridized carbons (Fsp3) is 0.0714. The van der Waals surface area contributed by atoms with Gasteiger partial charge in [0.2, 0.25) is 0 Å². The van der Waals surface area contributed by atoms with E-state index in [1.165, 1.54) is 13.2 Å². The van der Waals surface area contributed by atoms with Gasteiger partial charge in [0.1, 0.15) is 9.21 Å². The lowest BCUT2D eigenvalue weighted by Gasteiger charge is -2.04. The van der Waals surface area contributed by atoms with Gasteiger partial charge in [-0.2, -0.15) is 0 Å². The number of hydrogen-bond acceptors (Lipinski definition) is 5. The number of nitrogens with zero attached hydrogens (tertiary/aromatic N) is 1. The number of rotatable bonds is 2. The molecule has 2 aromatic heterocycles. The fourth-order valence-corrected chi connectivity index (χ4v) is 3.27. The molecule has 8 heteroatoms. The lowest BCUT2D eigenvalue weighted by Crippen LogP contribution is -2.33. The number of nitrogens with one attached hydrogen (secondary N) is 1. The molecule has 3 aromatic rings. The van der Waals surface area contributed by atoms with E-state index in [2.05, 4.69) is 9.72 Å². The first-order chi connectivity index (χ1) is 10.5. The molecule has 3 rings (SSSR count). The number of carbonyl (C=O) groups excluding carboxylic acids is 1. The molecule has 22 heavy (non-hydrogen) atoms. The van der Waals surface area contributed by atoms with E-state index in [0.29, 0.717) is 10.9 Å². The Morgan fingerprint density at radius 2 is 2.05 bits per heavy atom. The molecule has 0 amide bonds. The number of thiophene rings is 1. The number of methoxy groups -OCH3 is 1. The van der Waals surface area contributed by atoms with E-state index < -0.39 is 17.2 Å². The molecular weight excluding hydrogens is 328 g/mol.